The Kier molecular flexibility index (Phi) is 4.03. The van der Waals surface area contributed by atoms with E-state index >= 15 is 0 Å². The first-order valence-corrected chi connectivity index (χ1v) is 6.73. The summed E-state index contributed by atoms with van der Waals surface area (Å²) in [6.07, 6.45) is 1.12. The van der Waals surface area contributed by atoms with Gasteiger partial charge in [-0.15, -0.1) is 0 Å². The molecule has 0 aromatic heterocycles. The van der Waals surface area contributed by atoms with Crippen LogP contribution in [0.3, 0.4) is 0 Å². The van der Waals surface area contributed by atoms with Gasteiger partial charge in [0.15, 0.2) is 0 Å². The number of nitrogens with zero attached hydrogens (tertiary/aromatic N) is 1. The fourth-order valence-corrected chi connectivity index (χ4v) is 2.59. The summed E-state index contributed by atoms with van der Waals surface area (Å²) in [5.41, 5.74) is 1.19. The molecule has 1 aromatic carbocycles. The third kappa shape index (κ3) is 3.09. The zero-order valence-corrected chi connectivity index (χ0v) is 12.0. The molecule has 0 radical (unpaired) electrons. The summed E-state index contributed by atoms with van der Waals surface area (Å²) >= 11 is 6.11. The predicted octanol–water partition coefficient (Wildman–Crippen LogP) is 2.93. The molecule has 18 heavy (non-hydrogen) atoms. The Morgan fingerprint density at radius 1 is 1.39 bits per heavy atom. The molecule has 2 rings (SSSR count). The fourth-order valence-electron chi connectivity index (χ4n) is 2.42. The van der Waals surface area contributed by atoms with Gasteiger partial charge in [-0.1, -0.05) is 11.6 Å². The quantitative estimate of drug-likeness (QED) is 0.893. The van der Waals surface area contributed by atoms with E-state index in [0.29, 0.717) is 0 Å². The van der Waals surface area contributed by atoms with Crippen LogP contribution in [0, 0.1) is 0 Å². The van der Waals surface area contributed by atoms with Gasteiger partial charge < -0.3 is 15.0 Å². The molecule has 0 bridgehead atoms. The van der Waals surface area contributed by atoms with Crippen molar-refractivity contribution < 1.29 is 4.74 Å². The van der Waals surface area contributed by atoms with Crippen molar-refractivity contribution in [2.75, 3.05) is 31.6 Å². The number of ether oxygens (including phenoxy) is 1. The van der Waals surface area contributed by atoms with Crippen molar-refractivity contribution in [1.29, 1.82) is 0 Å². The summed E-state index contributed by atoms with van der Waals surface area (Å²) in [5.74, 6) is 0.886. The fraction of sp³-hybridized carbons (Fsp3) is 0.571. The lowest BCUT2D eigenvalue weighted by Gasteiger charge is -2.32. The minimum Gasteiger partial charge on any atom is -0.495 e. The molecule has 1 aromatic rings. The van der Waals surface area contributed by atoms with Crippen molar-refractivity contribution in [3.8, 4) is 5.75 Å². The second-order valence-corrected chi connectivity index (χ2v) is 5.84. The van der Waals surface area contributed by atoms with Crippen LogP contribution in [0.4, 0.5) is 5.69 Å². The maximum Gasteiger partial charge on any atom is 0.142 e. The lowest BCUT2D eigenvalue weighted by atomic mass is 10.1. The van der Waals surface area contributed by atoms with E-state index in [4.69, 9.17) is 16.3 Å². The van der Waals surface area contributed by atoms with Crippen LogP contribution in [0.25, 0.3) is 0 Å². The number of hydrogen-bond donors (Lipinski definition) is 1. The van der Waals surface area contributed by atoms with Crippen LogP contribution in [-0.4, -0.2) is 32.3 Å². The van der Waals surface area contributed by atoms with Gasteiger partial charge >= 0.3 is 0 Å². The monoisotopic (exact) mass is 268 g/mol. The molecule has 0 amide bonds. The maximum absolute atomic E-state index is 6.11. The van der Waals surface area contributed by atoms with Crippen LogP contribution >= 0.6 is 11.6 Å². The molecule has 0 unspecified atom stereocenters. The minimum absolute atomic E-state index is 0.101. The van der Waals surface area contributed by atoms with E-state index in [1.165, 1.54) is 0 Å². The number of benzene rings is 1. The lowest BCUT2D eigenvalue weighted by Crippen LogP contribution is -2.46. The second-order valence-electron chi connectivity index (χ2n) is 5.40. The standard InChI is InChI=1S/C14H21ClN2O/c1-14(2)10-17(8-4-7-16-14)12-9-11(15)5-6-13(12)18-3/h5-6,9,16H,4,7-8,10H2,1-3H3. The summed E-state index contributed by atoms with van der Waals surface area (Å²) in [7, 11) is 1.70. The summed E-state index contributed by atoms with van der Waals surface area (Å²) in [6, 6.07) is 5.79. The topological polar surface area (TPSA) is 24.5 Å². The molecular formula is C14H21ClN2O. The van der Waals surface area contributed by atoms with Crippen molar-refractivity contribution in [3.63, 3.8) is 0 Å². The average Bonchev–Trinajstić information content (AvgIpc) is 2.50. The number of methoxy groups -OCH3 is 1. The van der Waals surface area contributed by atoms with E-state index in [-0.39, 0.29) is 5.54 Å². The average molecular weight is 269 g/mol. The molecule has 0 atom stereocenters. The molecule has 1 fully saturated rings. The highest BCUT2D eigenvalue weighted by atomic mass is 35.5. The van der Waals surface area contributed by atoms with Gasteiger partial charge in [-0.3, -0.25) is 0 Å². The summed E-state index contributed by atoms with van der Waals surface area (Å²) in [5, 5.41) is 4.31. The van der Waals surface area contributed by atoms with Gasteiger partial charge in [0, 0.05) is 23.7 Å². The van der Waals surface area contributed by atoms with E-state index in [2.05, 4.69) is 24.1 Å². The van der Waals surface area contributed by atoms with Crippen LogP contribution < -0.4 is 15.0 Å². The first-order valence-electron chi connectivity index (χ1n) is 6.35. The van der Waals surface area contributed by atoms with Gasteiger partial charge in [0.2, 0.25) is 0 Å². The molecule has 0 saturated carbocycles. The van der Waals surface area contributed by atoms with E-state index in [1.54, 1.807) is 7.11 Å². The Labute approximate surface area is 114 Å². The summed E-state index contributed by atoms with van der Waals surface area (Å²) in [6.45, 7) is 7.47. The van der Waals surface area contributed by atoms with E-state index in [9.17, 15) is 0 Å². The van der Waals surface area contributed by atoms with Crippen LogP contribution in [-0.2, 0) is 0 Å². The Balaban J connectivity index is 2.31. The Hall–Kier alpha value is -0.930. The Morgan fingerprint density at radius 3 is 2.89 bits per heavy atom. The highest BCUT2D eigenvalue weighted by molar-refractivity contribution is 6.30. The van der Waals surface area contributed by atoms with Crippen molar-refractivity contribution in [3.05, 3.63) is 23.2 Å². The molecule has 1 heterocycles. The van der Waals surface area contributed by atoms with Crippen LogP contribution in [0.2, 0.25) is 5.02 Å². The zero-order chi connectivity index (χ0) is 13.2. The number of anilines is 1. The van der Waals surface area contributed by atoms with E-state index in [0.717, 1.165) is 42.5 Å². The van der Waals surface area contributed by atoms with E-state index in [1.807, 2.05) is 18.2 Å². The van der Waals surface area contributed by atoms with Crippen LogP contribution in [0.5, 0.6) is 5.75 Å². The molecule has 3 nitrogen and oxygen atoms in total. The van der Waals surface area contributed by atoms with Crippen molar-refractivity contribution in [1.82, 2.24) is 5.32 Å². The van der Waals surface area contributed by atoms with E-state index < -0.39 is 0 Å². The number of halogens is 1. The molecule has 1 N–H and O–H groups in total. The lowest BCUT2D eigenvalue weighted by molar-refractivity contribution is 0.404. The molecular weight excluding hydrogens is 248 g/mol. The molecule has 1 aliphatic rings. The number of hydrogen-bond acceptors (Lipinski definition) is 3. The van der Waals surface area contributed by atoms with Gasteiger partial charge in [0.05, 0.1) is 12.8 Å². The van der Waals surface area contributed by atoms with Gasteiger partial charge in [-0.2, -0.15) is 0 Å². The minimum atomic E-state index is 0.101. The smallest absolute Gasteiger partial charge is 0.142 e. The summed E-state index contributed by atoms with van der Waals surface area (Å²) < 4.78 is 5.44. The van der Waals surface area contributed by atoms with Crippen molar-refractivity contribution >= 4 is 17.3 Å². The highest BCUT2D eigenvalue weighted by Gasteiger charge is 2.25. The van der Waals surface area contributed by atoms with Crippen LogP contribution in [0.1, 0.15) is 20.3 Å². The molecule has 0 aliphatic carbocycles. The Bertz CT molecular complexity index is 420. The second kappa shape index (κ2) is 5.37. The molecule has 1 aliphatic heterocycles. The first-order chi connectivity index (χ1) is 8.52. The molecule has 100 valence electrons. The highest BCUT2D eigenvalue weighted by Crippen LogP contribution is 2.32. The SMILES string of the molecule is COc1ccc(Cl)cc1N1CCCNC(C)(C)C1. The Morgan fingerprint density at radius 2 is 2.17 bits per heavy atom. The van der Waals surface area contributed by atoms with Gasteiger partial charge in [-0.25, -0.2) is 0 Å². The van der Waals surface area contributed by atoms with Crippen molar-refractivity contribution in [2.45, 2.75) is 25.8 Å². The van der Waals surface area contributed by atoms with Gasteiger partial charge in [0.1, 0.15) is 5.75 Å². The molecule has 4 heteroatoms. The zero-order valence-electron chi connectivity index (χ0n) is 11.3. The summed E-state index contributed by atoms with van der Waals surface area (Å²) in [4.78, 5) is 2.35. The largest absolute Gasteiger partial charge is 0.495 e. The third-order valence-electron chi connectivity index (χ3n) is 3.28. The molecule has 1 saturated heterocycles. The molecule has 0 spiro atoms. The number of rotatable bonds is 2. The predicted molar refractivity (Wildman–Crippen MR) is 76.9 cm³/mol. The van der Waals surface area contributed by atoms with Crippen LogP contribution in [0.15, 0.2) is 18.2 Å². The van der Waals surface area contributed by atoms with Crippen molar-refractivity contribution in [2.24, 2.45) is 0 Å². The first kappa shape index (κ1) is 13.5. The van der Waals surface area contributed by atoms with Gasteiger partial charge in [0.25, 0.3) is 0 Å². The third-order valence-corrected chi connectivity index (χ3v) is 3.51. The number of nitrogens with one attached hydrogen (secondary N) is 1. The normalized spacial score (nSPS) is 19.4. The maximum atomic E-state index is 6.11. The van der Waals surface area contributed by atoms with Gasteiger partial charge in [-0.05, 0) is 45.0 Å².